The van der Waals surface area contributed by atoms with Crippen LogP contribution in [0.25, 0.3) is 11.1 Å². The predicted molar refractivity (Wildman–Crippen MR) is 84.5 cm³/mol. The monoisotopic (exact) mass is 281 g/mol. The van der Waals surface area contributed by atoms with Crippen LogP contribution >= 0.6 is 0 Å². The molecule has 0 unspecified atom stereocenters. The number of amides is 1. The lowest BCUT2D eigenvalue weighted by Gasteiger charge is -2.10. The van der Waals surface area contributed by atoms with Crippen molar-refractivity contribution in [2.24, 2.45) is 0 Å². The second-order valence-electron chi connectivity index (χ2n) is 4.94. The first-order valence-electron chi connectivity index (χ1n) is 7.12. The van der Waals surface area contributed by atoms with E-state index in [1.807, 2.05) is 43.3 Å². The molecular weight excluding hydrogens is 262 g/mol. The van der Waals surface area contributed by atoms with Gasteiger partial charge in [0.2, 0.25) is 0 Å². The number of benzene rings is 2. The summed E-state index contributed by atoms with van der Waals surface area (Å²) in [5.41, 5.74) is 3.00. The van der Waals surface area contributed by atoms with Gasteiger partial charge in [-0.15, -0.1) is 0 Å². The number of ketones is 1. The van der Waals surface area contributed by atoms with E-state index in [1.54, 1.807) is 19.1 Å². The number of hydrogen-bond acceptors (Lipinski definition) is 2. The second kappa shape index (κ2) is 6.84. The van der Waals surface area contributed by atoms with Gasteiger partial charge in [0.05, 0.1) is 0 Å². The molecule has 2 aromatic rings. The Morgan fingerprint density at radius 2 is 1.81 bits per heavy atom. The third-order valence-electron chi connectivity index (χ3n) is 3.29. The first-order chi connectivity index (χ1) is 10.1. The molecule has 0 saturated heterocycles. The van der Waals surface area contributed by atoms with Gasteiger partial charge in [-0.2, -0.15) is 0 Å². The summed E-state index contributed by atoms with van der Waals surface area (Å²) < 4.78 is 0. The Hall–Kier alpha value is -2.42. The van der Waals surface area contributed by atoms with Crippen LogP contribution in [0.1, 0.15) is 41.0 Å². The maximum Gasteiger partial charge on any atom is 0.251 e. The molecule has 0 atom stereocenters. The lowest BCUT2D eigenvalue weighted by atomic mass is 9.97. The van der Waals surface area contributed by atoms with Crippen LogP contribution in [-0.4, -0.2) is 18.2 Å². The topological polar surface area (TPSA) is 46.2 Å². The fraction of sp³-hybridized carbons (Fsp3) is 0.222. The molecule has 0 aliphatic carbocycles. The molecule has 0 spiro atoms. The van der Waals surface area contributed by atoms with Gasteiger partial charge >= 0.3 is 0 Å². The summed E-state index contributed by atoms with van der Waals surface area (Å²) in [6.45, 7) is 4.21. The van der Waals surface area contributed by atoms with Crippen LogP contribution in [0, 0.1) is 0 Å². The minimum atomic E-state index is -0.0827. The van der Waals surface area contributed by atoms with Crippen LogP contribution in [0.2, 0.25) is 0 Å². The van der Waals surface area contributed by atoms with Gasteiger partial charge in [-0.05, 0) is 36.6 Å². The first-order valence-corrected chi connectivity index (χ1v) is 7.12. The van der Waals surface area contributed by atoms with E-state index in [0.717, 1.165) is 17.5 Å². The maximum atomic E-state index is 12.2. The van der Waals surface area contributed by atoms with Crippen molar-refractivity contribution in [3.63, 3.8) is 0 Å². The first kappa shape index (κ1) is 15.0. The summed E-state index contributed by atoms with van der Waals surface area (Å²) in [6.07, 6.45) is 0.897. The second-order valence-corrected chi connectivity index (χ2v) is 4.94. The molecule has 0 saturated carbocycles. The molecule has 2 rings (SSSR count). The fourth-order valence-electron chi connectivity index (χ4n) is 2.17. The molecule has 1 N–H and O–H groups in total. The summed E-state index contributed by atoms with van der Waals surface area (Å²) in [6, 6.07) is 14.8. The average molecular weight is 281 g/mol. The standard InChI is InChI=1S/C18H19NO2/c1-3-11-19-18(21)17-10-5-4-9-16(17)15-8-6-7-14(12-15)13(2)20/h4-10,12H,3,11H2,1-2H3,(H,19,21). The summed E-state index contributed by atoms with van der Waals surface area (Å²) >= 11 is 0. The van der Waals surface area contributed by atoms with Crippen molar-refractivity contribution >= 4 is 11.7 Å². The molecule has 21 heavy (non-hydrogen) atoms. The van der Waals surface area contributed by atoms with E-state index in [-0.39, 0.29) is 11.7 Å². The third kappa shape index (κ3) is 3.57. The Kier molecular flexibility index (Phi) is 4.88. The van der Waals surface area contributed by atoms with Crippen molar-refractivity contribution in [3.05, 3.63) is 59.7 Å². The zero-order valence-electron chi connectivity index (χ0n) is 12.3. The zero-order valence-corrected chi connectivity index (χ0v) is 12.3. The van der Waals surface area contributed by atoms with Gasteiger partial charge in [0, 0.05) is 17.7 Å². The number of Topliss-reactive ketones (excluding diaryl/α,β-unsaturated/α-hetero) is 1. The number of hydrogen-bond donors (Lipinski definition) is 1. The maximum absolute atomic E-state index is 12.2. The molecule has 1 amide bonds. The van der Waals surface area contributed by atoms with Gasteiger partial charge in [-0.1, -0.05) is 43.3 Å². The Bertz CT molecular complexity index is 662. The van der Waals surface area contributed by atoms with Gasteiger partial charge in [0.15, 0.2) is 5.78 Å². The Labute approximate surface area is 125 Å². The Balaban J connectivity index is 2.42. The molecule has 0 aliphatic rings. The normalized spacial score (nSPS) is 10.2. The van der Waals surface area contributed by atoms with Gasteiger partial charge in [-0.3, -0.25) is 9.59 Å². The smallest absolute Gasteiger partial charge is 0.251 e. The highest BCUT2D eigenvalue weighted by Crippen LogP contribution is 2.24. The summed E-state index contributed by atoms with van der Waals surface area (Å²) in [5.74, 6) is -0.0644. The molecule has 3 nitrogen and oxygen atoms in total. The lowest BCUT2D eigenvalue weighted by molar-refractivity contribution is 0.0953. The highest BCUT2D eigenvalue weighted by molar-refractivity contribution is 6.02. The van der Waals surface area contributed by atoms with Crippen LogP contribution in [-0.2, 0) is 0 Å². The minimum Gasteiger partial charge on any atom is -0.352 e. The highest BCUT2D eigenvalue weighted by Gasteiger charge is 2.12. The number of carbonyl (C=O) groups is 2. The zero-order chi connectivity index (χ0) is 15.2. The van der Waals surface area contributed by atoms with Crippen molar-refractivity contribution < 1.29 is 9.59 Å². The molecule has 0 radical (unpaired) electrons. The van der Waals surface area contributed by atoms with Gasteiger partial charge < -0.3 is 5.32 Å². The van der Waals surface area contributed by atoms with E-state index in [1.165, 1.54) is 0 Å². The average Bonchev–Trinajstić information content (AvgIpc) is 2.52. The summed E-state index contributed by atoms with van der Waals surface area (Å²) in [7, 11) is 0. The van der Waals surface area contributed by atoms with E-state index < -0.39 is 0 Å². The third-order valence-corrected chi connectivity index (χ3v) is 3.29. The van der Waals surface area contributed by atoms with Gasteiger partial charge in [0.25, 0.3) is 5.91 Å². The van der Waals surface area contributed by atoms with Gasteiger partial charge in [0.1, 0.15) is 0 Å². The van der Waals surface area contributed by atoms with Crippen molar-refractivity contribution in [3.8, 4) is 11.1 Å². The van der Waals surface area contributed by atoms with E-state index in [0.29, 0.717) is 17.7 Å². The van der Waals surface area contributed by atoms with Crippen LogP contribution in [0.15, 0.2) is 48.5 Å². The van der Waals surface area contributed by atoms with Crippen molar-refractivity contribution in [2.45, 2.75) is 20.3 Å². The predicted octanol–water partition coefficient (Wildman–Crippen LogP) is 3.70. The number of carbonyl (C=O) groups excluding carboxylic acids is 2. The van der Waals surface area contributed by atoms with Gasteiger partial charge in [-0.25, -0.2) is 0 Å². The largest absolute Gasteiger partial charge is 0.352 e. The Morgan fingerprint density at radius 3 is 2.52 bits per heavy atom. The molecular formula is C18H19NO2. The molecule has 0 aliphatic heterocycles. The number of nitrogens with one attached hydrogen (secondary N) is 1. The van der Waals surface area contributed by atoms with Crippen molar-refractivity contribution in [1.82, 2.24) is 5.32 Å². The molecule has 3 heteroatoms. The molecule has 0 heterocycles. The van der Waals surface area contributed by atoms with E-state index in [4.69, 9.17) is 0 Å². The summed E-state index contributed by atoms with van der Waals surface area (Å²) in [5, 5.41) is 2.89. The SMILES string of the molecule is CCCNC(=O)c1ccccc1-c1cccc(C(C)=O)c1. The molecule has 0 aromatic heterocycles. The van der Waals surface area contributed by atoms with E-state index in [2.05, 4.69) is 5.32 Å². The quantitative estimate of drug-likeness (QED) is 0.849. The molecule has 108 valence electrons. The Morgan fingerprint density at radius 1 is 1.05 bits per heavy atom. The molecule has 0 bridgehead atoms. The van der Waals surface area contributed by atoms with Crippen molar-refractivity contribution in [1.29, 1.82) is 0 Å². The van der Waals surface area contributed by atoms with E-state index in [9.17, 15) is 9.59 Å². The number of rotatable bonds is 5. The van der Waals surface area contributed by atoms with Crippen LogP contribution < -0.4 is 5.32 Å². The molecule has 0 fully saturated rings. The summed E-state index contributed by atoms with van der Waals surface area (Å²) in [4.78, 5) is 23.7. The lowest BCUT2D eigenvalue weighted by Crippen LogP contribution is -2.24. The fourth-order valence-corrected chi connectivity index (χ4v) is 2.17. The van der Waals surface area contributed by atoms with Crippen LogP contribution in [0.3, 0.4) is 0 Å². The van der Waals surface area contributed by atoms with Crippen molar-refractivity contribution in [2.75, 3.05) is 6.54 Å². The van der Waals surface area contributed by atoms with Crippen LogP contribution in [0.5, 0.6) is 0 Å². The minimum absolute atomic E-state index is 0.0183. The molecule has 2 aromatic carbocycles. The van der Waals surface area contributed by atoms with E-state index >= 15 is 0 Å². The highest BCUT2D eigenvalue weighted by atomic mass is 16.1. The van der Waals surface area contributed by atoms with Crippen LogP contribution in [0.4, 0.5) is 0 Å².